The predicted molar refractivity (Wildman–Crippen MR) is 61.1 cm³/mol. The molecule has 0 bridgehead atoms. The van der Waals surface area contributed by atoms with Crippen LogP contribution in [0.15, 0.2) is 5.16 Å². The van der Waals surface area contributed by atoms with Gasteiger partial charge < -0.3 is 15.8 Å². The molecular weight excluding hydrogens is 192 g/mol. The van der Waals surface area contributed by atoms with Gasteiger partial charge in [-0.25, -0.2) is 0 Å². The molecule has 3 unspecified atom stereocenters. The van der Waals surface area contributed by atoms with Gasteiger partial charge in [0, 0.05) is 19.1 Å². The van der Waals surface area contributed by atoms with Crippen molar-refractivity contribution in [3.05, 3.63) is 0 Å². The molecule has 1 saturated heterocycles. The molecular formula is C10H22N4O. The lowest BCUT2D eigenvalue weighted by Crippen LogP contribution is -2.43. The topological polar surface area (TPSA) is 65.1 Å². The van der Waals surface area contributed by atoms with Crippen LogP contribution in [0.5, 0.6) is 0 Å². The Hall–Kier alpha value is -0.810. The van der Waals surface area contributed by atoms with Crippen molar-refractivity contribution >= 4 is 5.84 Å². The quantitative estimate of drug-likeness (QED) is 0.300. The summed E-state index contributed by atoms with van der Waals surface area (Å²) in [5.41, 5.74) is 5.61. The molecule has 0 spiro atoms. The number of amidine groups is 1. The van der Waals surface area contributed by atoms with E-state index in [4.69, 9.17) is 10.9 Å². The van der Waals surface area contributed by atoms with Gasteiger partial charge in [-0.3, -0.25) is 4.90 Å². The van der Waals surface area contributed by atoms with Crippen LogP contribution in [0.1, 0.15) is 13.8 Å². The van der Waals surface area contributed by atoms with E-state index in [1.165, 1.54) is 0 Å². The molecule has 1 aliphatic heterocycles. The molecule has 15 heavy (non-hydrogen) atoms. The van der Waals surface area contributed by atoms with Crippen molar-refractivity contribution < 1.29 is 5.21 Å². The molecule has 0 aromatic rings. The number of oxime groups is 1. The smallest absolute Gasteiger partial charge is 0.156 e. The normalized spacial score (nSPS) is 31.1. The van der Waals surface area contributed by atoms with Crippen molar-refractivity contribution in [1.29, 1.82) is 0 Å². The zero-order chi connectivity index (χ0) is 11.6. The van der Waals surface area contributed by atoms with Crippen molar-refractivity contribution in [1.82, 2.24) is 9.80 Å². The van der Waals surface area contributed by atoms with Crippen LogP contribution < -0.4 is 5.73 Å². The van der Waals surface area contributed by atoms with E-state index >= 15 is 0 Å². The standard InChI is InChI=1S/C10H22N4O/c1-7-5-14(6-9(7)13(3)4)8(2)10(11)12-15/h7-9,15H,5-6H2,1-4H3,(H2,11,12). The summed E-state index contributed by atoms with van der Waals surface area (Å²) < 4.78 is 0. The molecule has 3 atom stereocenters. The summed E-state index contributed by atoms with van der Waals surface area (Å²) in [5, 5.41) is 11.7. The fourth-order valence-corrected chi connectivity index (χ4v) is 2.25. The first-order valence-electron chi connectivity index (χ1n) is 5.35. The largest absolute Gasteiger partial charge is 0.409 e. The van der Waals surface area contributed by atoms with Crippen molar-refractivity contribution in [3.8, 4) is 0 Å². The molecule has 0 saturated carbocycles. The van der Waals surface area contributed by atoms with E-state index in [9.17, 15) is 0 Å². The Kier molecular flexibility index (Phi) is 3.93. The molecule has 1 aliphatic rings. The lowest BCUT2D eigenvalue weighted by atomic mass is 10.1. The highest BCUT2D eigenvalue weighted by molar-refractivity contribution is 5.84. The van der Waals surface area contributed by atoms with Gasteiger partial charge in [-0.1, -0.05) is 12.1 Å². The van der Waals surface area contributed by atoms with Crippen LogP contribution >= 0.6 is 0 Å². The molecule has 0 amide bonds. The van der Waals surface area contributed by atoms with E-state index in [0.29, 0.717) is 17.8 Å². The second kappa shape index (κ2) is 4.81. The van der Waals surface area contributed by atoms with Gasteiger partial charge in [-0.05, 0) is 26.9 Å². The van der Waals surface area contributed by atoms with Crippen molar-refractivity contribution in [2.45, 2.75) is 25.9 Å². The fraction of sp³-hybridized carbons (Fsp3) is 0.900. The summed E-state index contributed by atoms with van der Waals surface area (Å²) in [6.07, 6.45) is 0. The SMILES string of the molecule is CC1CN(C(C)C(N)=NO)CC1N(C)C. The molecule has 5 heteroatoms. The third-order valence-corrected chi connectivity index (χ3v) is 3.36. The third-order valence-electron chi connectivity index (χ3n) is 3.36. The summed E-state index contributed by atoms with van der Waals surface area (Å²) in [7, 11) is 4.19. The Morgan fingerprint density at radius 3 is 2.53 bits per heavy atom. The number of rotatable bonds is 3. The van der Waals surface area contributed by atoms with Crippen LogP contribution in [-0.4, -0.2) is 60.1 Å². The van der Waals surface area contributed by atoms with E-state index in [0.717, 1.165) is 13.1 Å². The molecule has 1 rings (SSSR count). The lowest BCUT2D eigenvalue weighted by Gasteiger charge is -2.24. The zero-order valence-electron chi connectivity index (χ0n) is 10.0. The first kappa shape index (κ1) is 12.3. The van der Waals surface area contributed by atoms with Crippen LogP contribution in [0, 0.1) is 5.92 Å². The maximum absolute atomic E-state index is 8.63. The summed E-state index contributed by atoms with van der Waals surface area (Å²) in [6, 6.07) is 0.571. The Balaban J connectivity index is 2.62. The highest BCUT2D eigenvalue weighted by Gasteiger charge is 2.34. The van der Waals surface area contributed by atoms with Crippen LogP contribution in [0.4, 0.5) is 0 Å². The summed E-state index contributed by atoms with van der Waals surface area (Å²) >= 11 is 0. The number of nitrogens with two attached hydrogens (primary N) is 1. The summed E-state index contributed by atoms with van der Waals surface area (Å²) in [5.74, 6) is 0.913. The number of nitrogens with zero attached hydrogens (tertiary/aromatic N) is 3. The number of likely N-dealkylation sites (tertiary alicyclic amines) is 1. The van der Waals surface area contributed by atoms with Crippen molar-refractivity contribution in [2.75, 3.05) is 27.2 Å². The van der Waals surface area contributed by atoms with Gasteiger partial charge in [0.1, 0.15) is 0 Å². The van der Waals surface area contributed by atoms with Gasteiger partial charge in [-0.2, -0.15) is 0 Å². The lowest BCUT2D eigenvalue weighted by molar-refractivity contribution is 0.243. The van der Waals surface area contributed by atoms with E-state index in [2.05, 4.69) is 36.0 Å². The van der Waals surface area contributed by atoms with E-state index in [-0.39, 0.29) is 6.04 Å². The minimum Gasteiger partial charge on any atom is -0.409 e. The minimum absolute atomic E-state index is 0.0161. The monoisotopic (exact) mass is 214 g/mol. The maximum Gasteiger partial charge on any atom is 0.156 e. The molecule has 0 aliphatic carbocycles. The second-order valence-corrected chi connectivity index (χ2v) is 4.66. The molecule has 3 N–H and O–H groups in total. The van der Waals surface area contributed by atoms with Crippen LogP contribution in [0.2, 0.25) is 0 Å². The van der Waals surface area contributed by atoms with Crippen LogP contribution in [-0.2, 0) is 0 Å². The first-order chi connectivity index (χ1) is 6.97. The van der Waals surface area contributed by atoms with E-state index in [1.807, 2.05) is 6.92 Å². The zero-order valence-corrected chi connectivity index (χ0v) is 10.0. The van der Waals surface area contributed by atoms with Gasteiger partial charge in [0.2, 0.25) is 0 Å². The first-order valence-corrected chi connectivity index (χ1v) is 5.35. The highest BCUT2D eigenvalue weighted by Crippen LogP contribution is 2.21. The van der Waals surface area contributed by atoms with Gasteiger partial charge in [0.05, 0.1) is 6.04 Å². The maximum atomic E-state index is 8.63. The van der Waals surface area contributed by atoms with Gasteiger partial charge in [0.15, 0.2) is 5.84 Å². The van der Waals surface area contributed by atoms with Crippen LogP contribution in [0.3, 0.4) is 0 Å². The molecule has 0 aromatic carbocycles. The predicted octanol–water partition coefficient (Wildman–Crippen LogP) is 0.00320. The Morgan fingerprint density at radius 2 is 2.13 bits per heavy atom. The van der Waals surface area contributed by atoms with Gasteiger partial charge in [-0.15, -0.1) is 0 Å². The van der Waals surface area contributed by atoms with Gasteiger partial charge in [0.25, 0.3) is 0 Å². The van der Waals surface area contributed by atoms with E-state index in [1.54, 1.807) is 0 Å². The number of likely N-dealkylation sites (N-methyl/N-ethyl adjacent to an activating group) is 1. The molecule has 1 fully saturated rings. The average molecular weight is 214 g/mol. The van der Waals surface area contributed by atoms with E-state index < -0.39 is 0 Å². The Labute approximate surface area is 91.5 Å². The summed E-state index contributed by atoms with van der Waals surface area (Å²) in [6.45, 7) is 6.19. The summed E-state index contributed by atoms with van der Waals surface area (Å²) in [4.78, 5) is 4.49. The molecule has 0 aromatic heterocycles. The number of hydrogen-bond donors (Lipinski definition) is 2. The van der Waals surface area contributed by atoms with Crippen molar-refractivity contribution in [2.24, 2.45) is 16.8 Å². The molecule has 0 radical (unpaired) electrons. The second-order valence-electron chi connectivity index (χ2n) is 4.66. The molecule has 5 nitrogen and oxygen atoms in total. The Bertz CT molecular complexity index is 242. The fourth-order valence-electron chi connectivity index (χ4n) is 2.25. The average Bonchev–Trinajstić information content (AvgIpc) is 2.58. The minimum atomic E-state index is 0.0161. The van der Waals surface area contributed by atoms with Gasteiger partial charge >= 0.3 is 0 Å². The third kappa shape index (κ3) is 2.60. The number of hydrogen-bond acceptors (Lipinski definition) is 4. The van der Waals surface area contributed by atoms with Crippen LogP contribution in [0.25, 0.3) is 0 Å². The molecule has 88 valence electrons. The highest BCUT2D eigenvalue weighted by atomic mass is 16.4. The van der Waals surface area contributed by atoms with Crippen molar-refractivity contribution in [3.63, 3.8) is 0 Å². The Morgan fingerprint density at radius 1 is 1.53 bits per heavy atom. The molecule has 1 heterocycles.